The van der Waals surface area contributed by atoms with Crippen LogP contribution in [0, 0.1) is 0 Å². The molecule has 0 saturated heterocycles. The molecule has 0 fully saturated rings. The Morgan fingerprint density at radius 2 is 2.00 bits per heavy atom. The van der Waals surface area contributed by atoms with E-state index in [1.807, 2.05) is 18.5 Å². The molecule has 0 amide bonds. The van der Waals surface area contributed by atoms with Gasteiger partial charge in [0.1, 0.15) is 0 Å². The zero-order valence-corrected chi connectivity index (χ0v) is 8.45. The second-order valence-corrected chi connectivity index (χ2v) is 3.73. The fraction of sp³-hybridized carbons (Fsp3) is 0.500. The highest BCUT2D eigenvalue weighted by molar-refractivity contribution is 6.00. The van der Waals surface area contributed by atoms with Crippen LogP contribution < -0.4 is 0 Å². The van der Waals surface area contributed by atoms with E-state index in [-0.39, 0.29) is 0 Å². The smallest absolute Gasteiger partial charge is 0.0436 e. The molecule has 1 aromatic heterocycles. The Morgan fingerprint density at radius 1 is 1.07 bits per heavy atom. The van der Waals surface area contributed by atoms with Crippen molar-refractivity contribution in [2.45, 2.75) is 32.1 Å². The van der Waals surface area contributed by atoms with E-state index in [2.05, 4.69) is 16.0 Å². The van der Waals surface area contributed by atoms with Crippen LogP contribution in [-0.2, 0) is 0 Å². The summed E-state index contributed by atoms with van der Waals surface area (Å²) >= 11 is 0. The lowest BCUT2D eigenvalue weighted by Crippen LogP contribution is -2.05. The number of hydrogen-bond donors (Lipinski definition) is 0. The monoisotopic (exact) mass is 188 g/mol. The van der Waals surface area contributed by atoms with Gasteiger partial charge in [-0.2, -0.15) is 0 Å². The molecule has 1 aromatic rings. The number of aliphatic imine (C=N–C) groups is 1. The van der Waals surface area contributed by atoms with Gasteiger partial charge in [-0.3, -0.25) is 9.98 Å². The first-order chi connectivity index (χ1) is 6.97. The highest BCUT2D eigenvalue weighted by Gasteiger charge is 2.05. The van der Waals surface area contributed by atoms with E-state index in [4.69, 9.17) is 0 Å². The summed E-state index contributed by atoms with van der Waals surface area (Å²) in [5, 5.41) is 0. The molecule has 2 heterocycles. The molecule has 2 nitrogen and oxygen atoms in total. The lowest BCUT2D eigenvalue weighted by atomic mass is 10.0. The molecule has 74 valence electrons. The summed E-state index contributed by atoms with van der Waals surface area (Å²) in [7, 11) is 0. The topological polar surface area (TPSA) is 25.2 Å². The van der Waals surface area contributed by atoms with E-state index in [0.717, 1.165) is 13.0 Å². The van der Waals surface area contributed by atoms with E-state index in [1.165, 1.54) is 37.0 Å². The van der Waals surface area contributed by atoms with Crippen molar-refractivity contribution in [2.75, 3.05) is 6.54 Å². The number of aromatic nitrogens is 1. The van der Waals surface area contributed by atoms with E-state index in [1.54, 1.807) is 0 Å². The molecular weight excluding hydrogens is 172 g/mol. The van der Waals surface area contributed by atoms with Gasteiger partial charge in [-0.25, -0.2) is 0 Å². The van der Waals surface area contributed by atoms with Gasteiger partial charge in [0.25, 0.3) is 0 Å². The minimum absolute atomic E-state index is 0.990. The van der Waals surface area contributed by atoms with Gasteiger partial charge in [0.05, 0.1) is 0 Å². The molecule has 1 aliphatic heterocycles. The van der Waals surface area contributed by atoms with Crippen LogP contribution in [0.1, 0.15) is 37.7 Å². The Hall–Kier alpha value is -1.18. The first-order valence-corrected chi connectivity index (χ1v) is 5.40. The van der Waals surface area contributed by atoms with Gasteiger partial charge in [0, 0.05) is 30.2 Å². The Morgan fingerprint density at radius 3 is 2.86 bits per heavy atom. The summed E-state index contributed by atoms with van der Waals surface area (Å²) < 4.78 is 0. The highest BCUT2D eigenvalue weighted by atomic mass is 14.7. The lowest BCUT2D eigenvalue weighted by Gasteiger charge is -2.09. The Bertz CT molecular complexity index is 303. The molecule has 0 radical (unpaired) electrons. The van der Waals surface area contributed by atoms with Crippen molar-refractivity contribution in [2.24, 2.45) is 4.99 Å². The zero-order valence-electron chi connectivity index (χ0n) is 8.45. The molecule has 14 heavy (non-hydrogen) atoms. The molecule has 0 unspecified atom stereocenters. The number of hydrogen-bond acceptors (Lipinski definition) is 2. The SMILES string of the molecule is c1cncc(C2=NCCCCCC2)c1. The lowest BCUT2D eigenvalue weighted by molar-refractivity contribution is 0.644. The van der Waals surface area contributed by atoms with Crippen molar-refractivity contribution in [1.82, 2.24) is 4.98 Å². The molecule has 2 heteroatoms. The first kappa shape index (κ1) is 9.38. The maximum atomic E-state index is 4.63. The van der Waals surface area contributed by atoms with Gasteiger partial charge < -0.3 is 0 Å². The summed E-state index contributed by atoms with van der Waals surface area (Å²) in [4.78, 5) is 8.76. The second-order valence-electron chi connectivity index (χ2n) is 3.73. The maximum absolute atomic E-state index is 4.63. The standard InChI is InChI=1S/C12H16N2/c1-2-4-9-14-12(7-3-1)11-6-5-8-13-10-11/h5-6,8,10H,1-4,7,9H2. The molecule has 0 N–H and O–H groups in total. The molecule has 0 saturated carbocycles. The molecule has 0 bridgehead atoms. The quantitative estimate of drug-likeness (QED) is 0.665. The number of nitrogens with zero attached hydrogens (tertiary/aromatic N) is 2. The predicted molar refractivity (Wildman–Crippen MR) is 58.7 cm³/mol. The molecule has 1 aliphatic rings. The number of rotatable bonds is 1. The Labute approximate surface area is 85.1 Å². The normalized spacial score (nSPS) is 18.1. The van der Waals surface area contributed by atoms with Gasteiger partial charge in [0.2, 0.25) is 0 Å². The van der Waals surface area contributed by atoms with Crippen LogP contribution in [0.5, 0.6) is 0 Å². The maximum Gasteiger partial charge on any atom is 0.0436 e. The minimum Gasteiger partial charge on any atom is -0.289 e. The minimum atomic E-state index is 0.990. The van der Waals surface area contributed by atoms with Gasteiger partial charge in [-0.05, 0) is 25.3 Å². The van der Waals surface area contributed by atoms with Crippen LogP contribution in [0.2, 0.25) is 0 Å². The Balaban J connectivity index is 2.15. The van der Waals surface area contributed by atoms with Gasteiger partial charge in [-0.1, -0.05) is 18.9 Å². The third-order valence-electron chi connectivity index (χ3n) is 2.62. The molecule has 0 atom stereocenters. The molecule has 0 aliphatic carbocycles. The largest absolute Gasteiger partial charge is 0.289 e. The van der Waals surface area contributed by atoms with Crippen molar-refractivity contribution in [1.29, 1.82) is 0 Å². The van der Waals surface area contributed by atoms with Crippen LogP contribution in [-0.4, -0.2) is 17.2 Å². The van der Waals surface area contributed by atoms with Crippen LogP contribution in [0.25, 0.3) is 0 Å². The third-order valence-corrected chi connectivity index (χ3v) is 2.62. The molecule has 0 spiro atoms. The van der Waals surface area contributed by atoms with E-state index in [9.17, 15) is 0 Å². The van der Waals surface area contributed by atoms with Crippen molar-refractivity contribution < 1.29 is 0 Å². The van der Waals surface area contributed by atoms with Crippen LogP contribution >= 0.6 is 0 Å². The number of pyridine rings is 1. The van der Waals surface area contributed by atoms with Crippen LogP contribution in [0.3, 0.4) is 0 Å². The zero-order chi connectivity index (χ0) is 9.64. The van der Waals surface area contributed by atoms with Crippen molar-refractivity contribution in [3.05, 3.63) is 30.1 Å². The van der Waals surface area contributed by atoms with Crippen LogP contribution in [0.4, 0.5) is 0 Å². The second kappa shape index (κ2) is 4.89. The average molecular weight is 188 g/mol. The molecule has 2 rings (SSSR count). The van der Waals surface area contributed by atoms with E-state index in [0.29, 0.717) is 0 Å². The fourth-order valence-corrected chi connectivity index (χ4v) is 1.82. The van der Waals surface area contributed by atoms with Crippen molar-refractivity contribution in [3.63, 3.8) is 0 Å². The third kappa shape index (κ3) is 2.41. The summed E-state index contributed by atoms with van der Waals surface area (Å²) in [5.41, 5.74) is 2.45. The summed E-state index contributed by atoms with van der Waals surface area (Å²) in [6.07, 6.45) is 10.0. The van der Waals surface area contributed by atoms with E-state index >= 15 is 0 Å². The first-order valence-electron chi connectivity index (χ1n) is 5.40. The highest BCUT2D eigenvalue weighted by Crippen LogP contribution is 2.13. The van der Waals surface area contributed by atoms with E-state index < -0.39 is 0 Å². The van der Waals surface area contributed by atoms with Crippen LogP contribution in [0.15, 0.2) is 29.5 Å². The van der Waals surface area contributed by atoms with Crippen molar-refractivity contribution in [3.8, 4) is 0 Å². The van der Waals surface area contributed by atoms with Gasteiger partial charge in [-0.15, -0.1) is 0 Å². The predicted octanol–water partition coefficient (Wildman–Crippen LogP) is 2.83. The molecule has 0 aromatic carbocycles. The summed E-state index contributed by atoms with van der Waals surface area (Å²) in [6.45, 7) is 0.990. The van der Waals surface area contributed by atoms with Gasteiger partial charge in [0.15, 0.2) is 0 Å². The fourth-order valence-electron chi connectivity index (χ4n) is 1.82. The van der Waals surface area contributed by atoms with Gasteiger partial charge >= 0.3 is 0 Å². The molecular formula is C12H16N2. The summed E-state index contributed by atoms with van der Waals surface area (Å²) in [6, 6.07) is 4.09. The Kier molecular flexibility index (Phi) is 3.28. The average Bonchev–Trinajstić information content (AvgIpc) is 2.18. The van der Waals surface area contributed by atoms with Crippen molar-refractivity contribution >= 4 is 5.71 Å². The summed E-state index contributed by atoms with van der Waals surface area (Å²) in [5.74, 6) is 0.